The Labute approximate surface area is 385 Å². The number of nitrogens with one attached hydrogen (secondary N) is 1. The van der Waals surface area contributed by atoms with Crippen molar-refractivity contribution in [2.45, 2.75) is 0 Å². The van der Waals surface area contributed by atoms with Gasteiger partial charge in [-0.1, -0.05) is 212 Å². The molecule has 10 aromatic carbocycles. The average Bonchev–Trinajstić information content (AvgIpc) is 3.71. The van der Waals surface area contributed by atoms with Gasteiger partial charge in [-0.15, -0.1) is 0 Å². The fourth-order valence-corrected chi connectivity index (χ4v) is 14.6. The molecule has 0 atom stereocenters. The molecule has 0 aliphatic heterocycles. The third kappa shape index (κ3) is 7.39. The van der Waals surface area contributed by atoms with Crippen LogP contribution in [0.2, 0.25) is 5.02 Å². The predicted molar refractivity (Wildman–Crippen MR) is 277 cm³/mol. The van der Waals surface area contributed by atoms with Gasteiger partial charge in [0.25, 0.3) is 0 Å². The molecule has 0 aliphatic carbocycles. The van der Waals surface area contributed by atoms with Gasteiger partial charge in [0.05, 0.1) is 21.7 Å². The third-order valence-corrected chi connectivity index (χ3v) is 17.6. The fourth-order valence-electron chi connectivity index (χ4n) is 9.55. The Morgan fingerprint density at radius 3 is 1.51 bits per heavy atom. The lowest BCUT2D eigenvalue weighted by molar-refractivity contribution is 0.483. The van der Waals surface area contributed by atoms with E-state index in [4.69, 9.17) is 16.3 Å². The molecule has 0 unspecified atom stereocenters. The molecule has 310 valence electrons. The second-order valence-corrected chi connectivity index (χ2v) is 20.5. The normalized spacial score (nSPS) is 11.5. The van der Waals surface area contributed by atoms with Crippen molar-refractivity contribution in [1.82, 2.24) is 4.57 Å². The second kappa shape index (κ2) is 17.3. The van der Waals surface area contributed by atoms with E-state index in [1.54, 1.807) is 0 Å². The van der Waals surface area contributed by atoms with Crippen LogP contribution in [0.3, 0.4) is 0 Å². The maximum atomic E-state index is 7.58. The summed E-state index contributed by atoms with van der Waals surface area (Å²) in [5.41, 5.74) is 9.05. The number of hydrogen-bond donors (Lipinski definition) is 1. The van der Waals surface area contributed by atoms with E-state index < -0.39 is 8.07 Å². The van der Waals surface area contributed by atoms with Crippen molar-refractivity contribution < 1.29 is 4.74 Å². The Bertz CT molecular complexity index is 3300. The number of para-hydroxylation sites is 4. The number of hydrogen-bond acceptors (Lipinski definition) is 2. The molecule has 3 nitrogen and oxygen atoms in total. The van der Waals surface area contributed by atoms with Crippen LogP contribution in [0.15, 0.2) is 255 Å². The molecule has 65 heavy (non-hydrogen) atoms. The summed E-state index contributed by atoms with van der Waals surface area (Å²) in [5, 5.41) is 11.8. The van der Waals surface area contributed by atoms with Crippen LogP contribution in [0.5, 0.6) is 11.5 Å². The second-order valence-electron chi connectivity index (χ2n) is 16.3. The number of nitrogens with zero attached hydrogens (tertiary/aromatic N) is 1. The molecule has 11 rings (SSSR count). The number of anilines is 2. The van der Waals surface area contributed by atoms with Crippen molar-refractivity contribution in [2.24, 2.45) is 0 Å². The molecule has 1 aromatic heterocycles. The lowest BCUT2D eigenvalue weighted by Crippen LogP contribution is -2.74. The highest BCUT2D eigenvalue weighted by atomic mass is 35.5. The Morgan fingerprint density at radius 2 is 0.892 bits per heavy atom. The summed E-state index contributed by atoms with van der Waals surface area (Å²) < 4.78 is 9.32. The van der Waals surface area contributed by atoms with Crippen LogP contribution >= 0.6 is 11.6 Å². The highest BCUT2D eigenvalue weighted by Gasteiger charge is 2.41. The van der Waals surface area contributed by atoms with Gasteiger partial charge in [0, 0.05) is 39.3 Å². The quantitative estimate of drug-likeness (QED) is 0.104. The number of rotatable bonds is 11. The smallest absolute Gasteiger partial charge is 0.179 e. The topological polar surface area (TPSA) is 26.2 Å². The lowest BCUT2D eigenvalue weighted by Gasteiger charge is -2.34. The molecule has 5 heteroatoms. The van der Waals surface area contributed by atoms with Crippen molar-refractivity contribution in [3.8, 4) is 39.4 Å². The van der Waals surface area contributed by atoms with Gasteiger partial charge in [-0.3, -0.25) is 0 Å². The average molecular weight is 872 g/mol. The molecule has 1 heterocycles. The summed E-state index contributed by atoms with van der Waals surface area (Å²) in [7, 11) is -2.74. The van der Waals surface area contributed by atoms with Crippen molar-refractivity contribution >= 4 is 73.6 Å². The maximum absolute atomic E-state index is 7.58. The summed E-state index contributed by atoms with van der Waals surface area (Å²) in [6.07, 6.45) is 0. The predicted octanol–water partition coefficient (Wildman–Crippen LogP) is 13.7. The molecule has 0 fully saturated rings. The van der Waals surface area contributed by atoms with Gasteiger partial charge in [-0.2, -0.15) is 0 Å². The van der Waals surface area contributed by atoms with E-state index in [0.717, 1.165) is 50.3 Å². The minimum absolute atomic E-state index is 0.522. The Hall–Kier alpha value is -7.89. The van der Waals surface area contributed by atoms with Crippen molar-refractivity contribution in [1.29, 1.82) is 0 Å². The van der Waals surface area contributed by atoms with Gasteiger partial charge >= 0.3 is 0 Å². The van der Waals surface area contributed by atoms with E-state index in [0.29, 0.717) is 16.5 Å². The van der Waals surface area contributed by atoms with E-state index in [9.17, 15) is 0 Å². The molecule has 0 amide bonds. The van der Waals surface area contributed by atoms with Crippen LogP contribution in [0.4, 0.5) is 11.4 Å². The number of benzene rings is 10. The molecule has 0 saturated heterocycles. The van der Waals surface area contributed by atoms with Gasteiger partial charge in [0.2, 0.25) is 0 Å². The molecule has 0 bridgehead atoms. The van der Waals surface area contributed by atoms with Crippen LogP contribution in [0.1, 0.15) is 0 Å². The Kier molecular flexibility index (Phi) is 10.7. The SMILES string of the molecule is Clc1c(Oc2cccc(-c3cccc([Si](c4ccccc4)(c4ccccc4)c4ccccc4)c3)c2)cc(-n2c3ccccc3c3ccccc32)cc1-c1ccccc1Nc1ccccc1. The van der Waals surface area contributed by atoms with Crippen LogP contribution in [-0.4, -0.2) is 12.6 Å². The minimum atomic E-state index is -2.74. The molecule has 0 aliphatic rings. The summed E-state index contributed by atoms with van der Waals surface area (Å²) in [6.45, 7) is 0. The van der Waals surface area contributed by atoms with Crippen LogP contribution in [-0.2, 0) is 0 Å². The first-order valence-corrected chi connectivity index (χ1v) is 24.3. The molecule has 0 radical (unpaired) electrons. The summed E-state index contributed by atoms with van der Waals surface area (Å²) >= 11 is 7.58. The van der Waals surface area contributed by atoms with Crippen LogP contribution in [0, 0.1) is 0 Å². The van der Waals surface area contributed by atoms with E-state index in [1.807, 2.05) is 30.3 Å². The van der Waals surface area contributed by atoms with Crippen molar-refractivity contribution in [2.75, 3.05) is 5.32 Å². The molecule has 0 spiro atoms. The van der Waals surface area contributed by atoms with Crippen molar-refractivity contribution in [3.05, 3.63) is 260 Å². The molecular formula is C60H43ClN2OSi. The van der Waals surface area contributed by atoms with Crippen LogP contribution < -0.4 is 30.8 Å². The third-order valence-electron chi connectivity index (χ3n) is 12.4. The zero-order chi connectivity index (χ0) is 43.6. The lowest BCUT2D eigenvalue weighted by atomic mass is 10.0. The fraction of sp³-hybridized carbons (Fsp3) is 0. The van der Waals surface area contributed by atoms with E-state index >= 15 is 0 Å². The number of aromatic nitrogens is 1. The van der Waals surface area contributed by atoms with E-state index in [-0.39, 0.29) is 0 Å². The van der Waals surface area contributed by atoms with Gasteiger partial charge in [-0.25, -0.2) is 0 Å². The highest BCUT2D eigenvalue weighted by molar-refractivity contribution is 7.19. The number of fused-ring (bicyclic) bond motifs is 3. The first kappa shape index (κ1) is 39.9. The minimum Gasteiger partial charge on any atom is -0.456 e. The molecular weight excluding hydrogens is 828 g/mol. The van der Waals surface area contributed by atoms with E-state index in [2.05, 4.69) is 234 Å². The zero-order valence-corrected chi connectivity index (χ0v) is 37.2. The number of halogens is 1. The molecule has 0 saturated carbocycles. The van der Waals surface area contributed by atoms with Gasteiger partial charge in [0.15, 0.2) is 8.07 Å². The Morgan fingerprint density at radius 1 is 0.400 bits per heavy atom. The monoisotopic (exact) mass is 870 g/mol. The standard InChI is InChI=1S/C60H43ClN2OSi/c61-60-55(52-33-13-16-36-56(52)62-45-23-5-1-6-24-45)41-46(63-57-37-17-14-34-53(57)54-35-15-18-38-58(54)63)42-59(60)64-47-25-19-21-43(39-47)44-22-20-32-51(40-44)65(48-26-7-2-8-27-48,49-28-9-3-10-29-49)50-30-11-4-12-31-50/h1-42,62H. The maximum Gasteiger partial charge on any atom is 0.179 e. The van der Waals surface area contributed by atoms with Crippen molar-refractivity contribution in [3.63, 3.8) is 0 Å². The first-order chi connectivity index (χ1) is 32.1. The summed E-state index contributed by atoms with van der Waals surface area (Å²) in [4.78, 5) is 0. The zero-order valence-electron chi connectivity index (χ0n) is 35.5. The van der Waals surface area contributed by atoms with Crippen LogP contribution in [0.25, 0.3) is 49.7 Å². The summed E-state index contributed by atoms with van der Waals surface area (Å²) in [6, 6.07) is 90.5. The Balaban J connectivity index is 1.05. The highest BCUT2D eigenvalue weighted by Crippen LogP contribution is 2.44. The summed E-state index contributed by atoms with van der Waals surface area (Å²) in [5.74, 6) is 1.25. The largest absolute Gasteiger partial charge is 0.456 e. The van der Waals surface area contributed by atoms with E-state index in [1.165, 1.54) is 31.5 Å². The van der Waals surface area contributed by atoms with Gasteiger partial charge in [-0.05, 0) is 80.4 Å². The first-order valence-electron chi connectivity index (χ1n) is 21.9. The molecule has 11 aromatic rings. The van der Waals surface area contributed by atoms with Gasteiger partial charge < -0.3 is 14.6 Å². The molecule has 1 N–H and O–H groups in total. The van der Waals surface area contributed by atoms with Gasteiger partial charge in [0.1, 0.15) is 11.5 Å². The number of ether oxygens (including phenoxy) is 1.